The van der Waals surface area contributed by atoms with Crippen molar-refractivity contribution in [1.29, 1.82) is 0 Å². The van der Waals surface area contributed by atoms with Crippen LogP contribution >= 0.6 is 0 Å². The zero-order valence-electron chi connectivity index (χ0n) is 20.7. The summed E-state index contributed by atoms with van der Waals surface area (Å²) in [5.74, 6) is -0.449. The molecule has 0 aliphatic rings. The Morgan fingerprint density at radius 1 is 0.784 bits per heavy atom. The smallest absolute Gasteiger partial charge is 0.269 e. The summed E-state index contributed by atoms with van der Waals surface area (Å²) in [6.07, 6.45) is 2.53. The summed E-state index contributed by atoms with van der Waals surface area (Å²) in [6, 6.07) is 31.1. The van der Waals surface area contributed by atoms with Gasteiger partial charge in [0.25, 0.3) is 15.9 Å². The molecule has 0 unspecified atom stereocenters. The Hall–Kier alpha value is -4.36. The number of hydrazine groups is 1. The molecule has 4 rings (SSSR count). The van der Waals surface area contributed by atoms with Crippen molar-refractivity contribution in [3.05, 3.63) is 137 Å². The van der Waals surface area contributed by atoms with Gasteiger partial charge in [-0.15, -0.1) is 0 Å². The van der Waals surface area contributed by atoms with Gasteiger partial charge in [0.1, 0.15) is 0 Å². The third kappa shape index (κ3) is 7.08. The van der Waals surface area contributed by atoms with Crippen molar-refractivity contribution < 1.29 is 13.2 Å². The molecule has 6 nitrogen and oxygen atoms in total. The molecule has 4 aromatic carbocycles. The summed E-state index contributed by atoms with van der Waals surface area (Å²) in [6.45, 7) is 3.79. The zero-order chi connectivity index (χ0) is 26.3. The van der Waals surface area contributed by atoms with Crippen LogP contribution in [-0.2, 0) is 16.4 Å². The quantitative estimate of drug-likeness (QED) is 0.255. The van der Waals surface area contributed by atoms with Crippen molar-refractivity contribution in [1.82, 2.24) is 10.9 Å². The number of carbonyl (C=O) groups is 1. The van der Waals surface area contributed by atoms with E-state index in [-0.39, 0.29) is 10.5 Å². The molecule has 0 radical (unpaired) electrons. The Kier molecular flexibility index (Phi) is 8.05. The monoisotopic (exact) mass is 511 g/mol. The van der Waals surface area contributed by atoms with Crippen LogP contribution in [0.2, 0.25) is 0 Å². The number of allylic oxidation sites excluding steroid dienone is 1. The van der Waals surface area contributed by atoms with Crippen molar-refractivity contribution in [2.24, 2.45) is 0 Å². The highest BCUT2D eigenvalue weighted by Gasteiger charge is 2.17. The van der Waals surface area contributed by atoms with E-state index in [0.717, 1.165) is 28.0 Å². The largest absolute Gasteiger partial charge is 0.302 e. The number of aryl methyl sites for hydroxylation is 2. The van der Waals surface area contributed by atoms with Crippen LogP contribution in [0.25, 0.3) is 6.08 Å². The minimum Gasteiger partial charge on any atom is -0.302 e. The van der Waals surface area contributed by atoms with Gasteiger partial charge in [-0.3, -0.25) is 14.9 Å². The molecular formula is C30H29N3O3S. The highest BCUT2D eigenvalue weighted by atomic mass is 32.2. The number of sulfonamides is 1. The minimum absolute atomic E-state index is 0.00413. The Bertz CT molecular complexity index is 1520. The van der Waals surface area contributed by atoms with Crippen molar-refractivity contribution >= 4 is 27.7 Å². The third-order valence-corrected chi connectivity index (χ3v) is 7.11. The van der Waals surface area contributed by atoms with E-state index in [1.165, 1.54) is 12.1 Å². The van der Waals surface area contributed by atoms with Gasteiger partial charge in [0, 0.05) is 17.7 Å². The van der Waals surface area contributed by atoms with E-state index in [2.05, 4.69) is 15.6 Å². The van der Waals surface area contributed by atoms with Gasteiger partial charge >= 0.3 is 0 Å². The SMILES string of the molecule is Cc1ccc(NS(=O)(=O)c2cccc(C(=O)NN/C(=C/c3ccccc3)Cc3ccccc3)c2)c(C)c1. The molecular weight excluding hydrogens is 482 g/mol. The first-order valence-electron chi connectivity index (χ1n) is 11.9. The first-order chi connectivity index (χ1) is 17.8. The fourth-order valence-electron chi connectivity index (χ4n) is 3.84. The fraction of sp³-hybridized carbons (Fsp3) is 0.100. The predicted molar refractivity (Wildman–Crippen MR) is 148 cm³/mol. The maximum atomic E-state index is 13.0. The number of amides is 1. The molecule has 0 aliphatic carbocycles. The van der Waals surface area contributed by atoms with E-state index in [4.69, 9.17) is 0 Å². The topological polar surface area (TPSA) is 87.3 Å². The summed E-state index contributed by atoms with van der Waals surface area (Å²) in [5.41, 5.74) is 11.2. The van der Waals surface area contributed by atoms with Crippen LogP contribution in [-0.4, -0.2) is 14.3 Å². The molecule has 188 valence electrons. The molecule has 1 amide bonds. The molecule has 0 aromatic heterocycles. The molecule has 3 N–H and O–H groups in total. The Morgan fingerprint density at radius 2 is 1.49 bits per heavy atom. The molecule has 4 aromatic rings. The van der Waals surface area contributed by atoms with E-state index in [1.54, 1.807) is 18.2 Å². The number of carbonyl (C=O) groups excluding carboxylic acids is 1. The van der Waals surface area contributed by atoms with E-state index in [1.807, 2.05) is 92.7 Å². The van der Waals surface area contributed by atoms with Crippen LogP contribution in [0.15, 0.2) is 114 Å². The molecule has 0 aliphatic heterocycles. The molecule has 0 saturated carbocycles. The Balaban J connectivity index is 1.50. The average molecular weight is 512 g/mol. The lowest BCUT2D eigenvalue weighted by atomic mass is 10.1. The summed E-state index contributed by atoms with van der Waals surface area (Å²) in [4.78, 5) is 13.0. The second-order valence-corrected chi connectivity index (χ2v) is 10.5. The van der Waals surface area contributed by atoms with E-state index in [0.29, 0.717) is 12.1 Å². The Morgan fingerprint density at radius 3 is 2.19 bits per heavy atom. The van der Waals surface area contributed by atoms with E-state index in [9.17, 15) is 13.2 Å². The van der Waals surface area contributed by atoms with Crippen LogP contribution < -0.4 is 15.6 Å². The lowest BCUT2D eigenvalue weighted by molar-refractivity contribution is 0.0938. The molecule has 0 heterocycles. The summed E-state index contributed by atoms with van der Waals surface area (Å²) >= 11 is 0. The van der Waals surface area contributed by atoms with Crippen molar-refractivity contribution in [3.8, 4) is 0 Å². The molecule has 0 fully saturated rings. The molecule has 37 heavy (non-hydrogen) atoms. The standard InChI is InChI=1S/C30H29N3O3S/c1-22-16-17-29(23(2)18-22)33-37(35,36)28-15-9-14-26(21-28)30(34)32-31-27(19-24-10-5-3-6-11-24)20-25-12-7-4-8-13-25/h3-19,21,31,33H,20H2,1-2H3,(H,32,34)/b27-19+. The van der Waals surface area contributed by atoms with Crippen LogP contribution in [0, 0.1) is 13.8 Å². The molecule has 0 spiro atoms. The van der Waals surface area contributed by atoms with Crippen LogP contribution in [0.3, 0.4) is 0 Å². The van der Waals surface area contributed by atoms with E-state index < -0.39 is 15.9 Å². The van der Waals surface area contributed by atoms with Crippen LogP contribution in [0.5, 0.6) is 0 Å². The molecule has 7 heteroatoms. The maximum Gasteiger partial charge on any atom is 0.269 e. The first-order valence-corrected chi connectivity index (χ1v) is 13.3. The number of rotatable bonds is 9. The fourth-order valence-corrected chi connectivity index (χ4v) is 5.02. The number of anilines is 1. The van der Waals surface area contributed by atoms with Gasteiger partial charge in [-0.1, -0.05) is 84.4 Å². The van der Waals surface area contributed by atoms with Gasteiger partial charge in [-0.2, -0.15) is 0 Å². The molecule has 0 atom stereocenters. The number of hydrogen-bond acceptors (Lipinski definition) is 4. The summed E-state index contributed by atoms with van der Waals surface area (Å²) in [5, 5.41) is 0. The summed E-state index contributed by atoms with van der Waals surface area (Å²) < 4.78 is 28.7. The van der Waals surface area contributed by atoms with Crippen molar-refractivity contribution in [3.63, 3.8) is 0 Å². The van der Waals surface area contributed by atoms with Crippen molar-refractivity contribution in [2.45, 2.75) is 25.2 Å². The minimum atomic E-state index is -3.88. The summed E-state index contributed by atoms with van der Waals surface area (Å²) in [7, 11) is -3.88. The highest BCUT2D eigenvalue weighted by molar-refractivity contribution is 7.92. The lowest BCUT2D eigenvalue weighted by Gasteiger charge is -2.14. The highest BCUT2D eigenvalue weighted by Crippen LogP contribution is 2.21. The van der Waals surface area contributed by atoms with Gasteiger partial charge in [0.05, 0.1) is 10.6 Å². The molecule has 0 saturated heterocycles. The predicted octanol–water partition coefficient (Wildman–Crippen LogP) is 5.62. The average Bonchev–Trinajstić information content (AvgIpc) is 2.90. The van der Waals surface area contributed by atoms with Gasteiger partial charge in [-0.05, 0) is 60.9 Å². The third-order valence-electron chi connectivity index (χ3n) is 5.75. The maximum absolute atomic E-state index is 13.0. The first kappa shape index (κ1) is 25.7. The Labute approximate surface area is 218 Å². The normalized spacial score (nSPS) is 11.6. The van der Waals surface area contributed by atoms with Gasteiger partial charge < -0.3 is 5.43 Å². The van der Waals surface area contributed by atoms with Gasteiger partial charge in [0.15, 0.2) is 0 Å². The van der Waals surface area contributed by atoms with Crippen LogP contribution in [0.1, 0.15) is 32.6 Å². The number of nitrogens with one attached hydrogen (secondary N) is 3. The zero-order valence-corrected chi connectivity index (χ0v) is 21.5. The number of hydrogen-bond donors (Lipinski definition) is 3. The second kappa shape index (κ2) is 11.6. The molecule has 0 bridgehead atoms. The van der Waals surface area contributed by atoms with E-state index >= 15 is 0 Å². The van der Waals surface area contributed by atoms with Crippen molar-refractivity contribution in [2.75, 3.05) is 4.72 Å². The van der Waals surface area contributed by atoms with Crippen LogP contribution in [0.4, 0.5) is 5.69 Å². The van der Waals surface area contributed by atoms with Gasteiger partial charge in [-0.25, -0.2) is 8.42 Å². The lowest BCUT2D eigenvalue weighted by Crippen LogP contribution is -2.37. The number of benzene rings is 4. The van der Waals surface area contributed by atoms with Gasteiger partial charge in [0.2, 0.25) is 0 Å². The second-order valence-electron chi connectivity index (χ2n) is 8.77.